The number of azide groups is 1. The van der Waals surface area contributed by atoms with Gasteiger partial charge in [0.2, 0.25) is 5.95 Å². The maximum absolute atomic E-state index is 14.0. The van der Waals surface area contributed by atoms with Crippen LogP contribution in [0, 0.1) is 0 Å². The van der Waals surface area contributed by atoms with Crippen molar-refractivity contribution in [1.82, 2.24) is 19.5 Å². The number of aliphatic hydroxyl groups is 1. The van der Waals surface area contributed by atoms with Gasteiger partial charge in [0.15, 0.2) is 17.7 Å². The average molecular weight is 294 g/mol. The number of nitrogens with zero attached hydrogens (tertiary/aromatic N) is 7. The lowest BCUT2D eigenvalue weighted by Crippen LogP contribution is -2.17. The van der Waals surface area contributed by atoms with Crippen molar-refractivity contribution < 1.29 is 14.2 Å². The number of alkyl halides is 1. The summed E-state index contributed by atoms with van der Waals surface area (Å²) < 4.78 is 20.8. The number of anilines is 1. The minimum atomic E-state index is -1.32. The quantitative estimate of drug-likeness (QED) is 0.489. The van der Waals surface area contributed by atoms with Gasteiger partial charge in [-0.15, -0.1) is 0 Å². The molecule has 1 aliphatic rings. The van der Waals surface area contributed by atoms with Crippen LogP contribution in [-0.4, -0.2) is 43.5 Å². The van der Waals surface area contributed by atoms with Gasteiger partial charge in [-0.05, 0) is 10.6 Å². The zero-order valence-corrected chi connectivity index (χ0v) is 10.7. The van der Waals surface area contributed by atoms with E-state index in [0.717, 1.165) is 0 Å². The maximum Gasteiger partial charge on any atom is 0.220 e. The number of halogens is 1. The van der Waals surface area contributed by atoms with Gasteiger partial charge in [0.1, 0.15) is 11.7 Å². The average Bonchev–Trinajstić information content (AvgIpc) is 3.02. The number of rotatable bonds is 3. The van der Waals surface area contributed by atoms with E-state index in [1.54, 1.807) is 0 Å². The number of hydrogen-bond acceptors (Lipinski definition) is 7. The monoisotopic (exact) mass is 294 g/mol. The molecule has 0 bridgehead atoms. The van der Waals surface area contributed by atoms with E-state index in [0.29, 0.717) is 0 Å². The molecule has 0 saturated carbocycles. The van der Waals surface area contributed by atoms with Crippen LogP contribution in [0.1, 0.15) is 12.6 Å². The molecule has 1 saturated heterocycles. The second-order valence-electron chi connectivity index (χ2n) is 4.51. The standard InChI is InChI=1S/C10H11FN8O2/c11-5-1-4(2-20)21-9(5)19-3-14-6-7(12)15-10(17-18-13)16-8(6)19/h3-5,9,20H,1-2H2,(H2,12,15,16)/t4-,5-,9+/m0/s1. The number of hydrogen-bond donors (Lipinski definition) is 2. The second kappa shape index (κ2) is 5.13. The molecule has 110 valence electrons. The minimum Gasteiger partial charge on any atom is -0.394 e. The maximum atomic E-state index is 14.0. The predicted octanol–water partition coefficient (Wildman–Crippen LogP) is 0.968. The first-order valence-corrected chi connectivity index (χ1v) is 6.09. The molecule has 3 atom stereocenters. The highest BCUT2D eigenvalue weighted by atomic mass is 19.1. The molecule has 10 nitrogen and oxygen atoms in total. The van der Waals surface area contributed by atoms with Crippen molar-refractivity contribution in [1.29, 1.82) is 0 Å². The van der Waals surface area contributed by atoms with Crippen molar-refractivity contribution in [2.45, 2.75) is 24.9 Å². The molecule has 0 aromatic carbocycles. The highest BCUT2D eigenvalue weighted by Gasteiger charge is 2.37. The van der Waals surface area contributed by atoms with Crippen LogP contribution in [0.3, 0.4) is 0 Å². The zero-order valence-electron chi connectivity index (χ0n) is 10.7. The summed E-state index contributed by atoms with van der Waals surface area (Å²) >= 11 is 0. The van der Waals surface area contributed by atoms with Gasteiger partial charge in [-0.1, -0.05) is 0 Å². The van der Waals surface area contributed by atoms with E-state index in [2.05, 4.69) is 25.0 Å². The molecule has 21 heavy (non-hydrogen) atoms. The Morgan fingerprint density at radius 1 is 1.62 bits per heavy atom. The van der Waals surface area contributed by atoms with E-state index in [9.17, 15) is 4.39 Å². The summed E-state index contributed by atoms with van der Waals surface area (Å²) in [7, 11) is 0. The molecule has 0 spiro atoms. The predicted molar refractivity (Wildman–Crippen MR) is 69.1 cm³/mol. The van der Waals surface area contributed by atoms with Crippen molar-refractivity contribution in [3.05, 3.63) is 16.8 Å². The SMILES string of the molecule is [N-]=[N+]=Nc1nc(N)c2ncn([C@@H]3O[C@H](CO)C[C@@H]3F)c2n1. The molecule has 11 heteroatoms. The lowest BCUT2D eigenvalue weighted by Gasteiger charge is -2.15. The third kappa shape index (κ3) is 2.23. The van der Waals surface area contributed by atoms with Gasteiger partial charge in [-0.2, -0.15) is 0 Å². The lowest BCUT2D eigenvalue weighted by molar-refractivity contribution is -0.0351. The molecule has 0 aliphatic carbocycles. The van der Waals surface area contributed by atoms with Crippen molar-refractivity contribution in [3.8, 4) is 0 Å². The number of nitrogen functional groups attached to an aromatic ring is 1. The largest absolute Gasteiger partial charge is 0.394 e. The van der Waals surface area contributed by atoms with E-state index in [4.69, 9.17) is 21.1 Å². The normalized spacial score (nSPS) is 25.1. The molecular formula is C10H11FN8O2. The van der Waals surface area contributed by atoms with Gasteiger partial charge in [-0.3, -0.25) is 4.57 Å². The number of ether oxygens (including phenoxy) is 1. The summed E-state index contributed by atoms with van der Waals surface area (Å²) in [6.45, 7) is -0.273. The molecule has 0 unspecified atom stereocenters. The summed E-state index contributed by atoms with van der Waals surface area (Å²) in [6.07, 6.45) is -1.48. The highest BCUT2D eigenvalue weighted by Crippen LogP contribution is 2.33. The molecule has 2 aromatic rings. The Kier molecular flexibility index (Phi) is 3.29. The fraction of sp³-hybridized carbons (Fsp3) is 0.500. The van der Waals surface area contributed by atoms with Crippen molar-refractivity contribution in [3.63, 3.8) is 0 Å². The fourth-order valence-electron chi connectivity index (χ4n) is 2.26. The smallest absolute Gasteiger partial charge is 0.220 e. The Morgan fingerprint density at radius 2 is 2.43 bits per heavy atom. The van der Waals surface area contributed by atoms with Gasteiger partial charge < -0.3 is 15.6 Å². The van der Waals surface area contributed by atoms with Crippen molar-refractivity contribution in [2.24, 2.45) is 5.11 Å². The zero-order chi connectivity index (χ0) is 15.0. The molecule has 3 N–H and O–H groups in total. The minimum absolute atomic E-state index is 0.0215. The summed E-state index contributed by atoms with van der Waals surface area (Å²) in [6, 6.07) is 0. The van der Waals surface area contributed by atoms with Crippen LogP contribution in [0.5, 0.6) is 0 Å². The first kappa shape index (κ1) is 13.5. The van der Waals surface area contributed by atoms with Gasteiger partial charge in [0, 0.05) is 11.3 Å². The number of fused-ring (bicyclic) bond motifs is 1. The van der Waals surface area contributed by atoms with E-state index in [1.165, 1.54) is 10.9 Å². The second-order valence-corrected chi connectivity index (χ2v) is 4.51. The number of aromatic nitrogens is 4. The number of nitrogens with two attached hydrogens (primary N) is 1. The Bertz CT molecular complexity index is 727. The topological polar surface area (TPSA) is 148 Å². The van der Waals surface area contributed by atoms with E-state index in [1.807, 2.05) is 0 Å². The molecule has 0 amide bonds. The Morgan fingerprint density at radius 3 is 3.10 bits per heavy atom. The van der Waals surface area contributed by atoms with Crippen LogP contribution >= 0.6 is 0 Å². The van der Waals surface area contributed by atoms with E-state index < -0.39 is 18.5 Å². The number of aliphatic hydroxyl groups excluding tert-OH is 1. The summed E-state index contributed by atoms with van der Waals surface area (Å²) in [5.74, 6) is -0.162. The lowest BCUT2D eigenvalue weighted by atomic mass is 10.2. The van der Waals surface area contributed by atoms with Gasteiger partial charge in [0.05, 0.1) is 19.0 Å². The summed E-state index contributed by atoms with van der Waals surface area (Å²) in [4.78, 5) is 14.4. The van der Waals surface area contributed by atoms with Crippen LogP contribution in [0.2, 0.25) is 0 Å². The molecule has 3 rings (SSSR count). The van der Waals surface area contributed by atoms with Gasteiger partial charge in [0.25, 0.3) is 0 Å². The molecule has 0 radical (unpaired) electrons. The van der Waals surface area contributed by atoms with Crippen LogP contribution in [-0.2, 0) is 4.74 Å². The van der Waals surface area contributed by atoms with Crippen molar-refractivity contribution in [2.75, 3.05) is 12.3 Å². The fourth-order valence-corrected chi connectivity index (χ4v) is 2.26. The Labute approximate surface area is 117 Å². The van der Waals surface area contributed by atoms with Crippen LogP contribution < -0.4 is 5.73 Å². The van der Waals surface area contributed by atoms with Gasteiger partial charge >= 0.3 is 0 Å². The highest BCUT2D eigenvalue weighted by molar-refractivity contribution is 5.82. The third-order valence-corrected chi connectivity index (χ3v) is 3.18. The Hall–Kier alpha value is -2.49. The van der Waals surface area contributed by atoms with E-state index in [-0.39, 0.29) is 36.0 Å². The van der Waals surface area contributed by atoms with Gasteiger partial charge in [-0.25, -0.2) is 19.3 Å². The molecular weight excluding hydrogens is 283 g/mol. The molecule has 1 fully saturated rings. The molecule has 1 aliphatic heterocycles. The first-order chi connectivity index (χ1) is 10.1. The molecule has 3 heterocycles. The van der Waals surface area contributed by atoms with Crippen LogP contribution in [0.15, 0.2) is 11.4 Å². The third-order valence-electron chi connectivity index (χ3n) is 3.18. The number of imidazole rings is 1. The van der Waals surface area contributed by atoms with E-state index >= 15 is 0 Å². The Balaban J connectivity index is 2.09. The van der Waals surface area contributed by atoms with Crippen LogP contribution in [0.4, 0.5) is 16.2 Å². The van der Waals surface area contributed by atoms with Crippen molar-refractivity contribution >= 4 is 22.9 Å². The summed E-state index contributed by atoms with van der Waals surface area (Å²) in [5, 5.41) is 12.3. The molecule has 2 aromatic heterocycles. The first-order valence-electron chi connectivity index (χ1n) is 6.09. The van der Waals surface area contributed by atoms with Crippen LogP contribution in [0.25, 0.3) is 21.6 Å². The summed E-state index contributed by atoms with van der Waals surface area (Å²) in [5.41, 5.74) is 14.6.